The number of hydrogen-bond acceptors (Lipinski definition) is 5. The second kappa shape index (κ2) is 4.12. The molecule has 2 rings (SSSR count). The third-order valence-electron chi connectivity index (χ3n) is 2.01. The zero-order valence-corrected chi connectivity index (χ0v) is 8.46. The first-order valence-electron chi connectivity index (χ1n) is 4.55. The minimum Gasteiger partial charge on any atom is -0.477 e. The lowest BCUT2D eigenvalue weighted by atomic mass is 10.3. The standard InChI is InChI=1S/C10H7FN4O2/c11-5-1-2-7(13-3-5)9-14-4-6(10(16)17)8(12)15-9/h1-4H,(H,16,17)(H2,12,14,15). The van der Waals surface area contributed by atoms with Crippen molar-refractivity contribution in [3.8, 4) is 11.5 Å². The van der Waals surface area contributed by atoms with Gasteiger partial charge in [0.15, 0.2) is 5.82 Å². The maximum Gasteiger partial charge on any atom is 0.341 e. The monoisotopic (exact) mass is 234 g/mol. The molecule has 0 aliphatic rings. The number of carboxylic acid groups (broad SMARTS) is 1. The molecule has 0 saturated heterocycles. The summed E-state index contributed by atoms with van der Waals surface area (Å²) >= 11 is 0. The van der Waals surface area contributed by atoms with Crippen LogP contribution in [0, 0.1) is 5.82 Å². The minimum atomic E-state index is -1.21. The largest absolute Gasteiger partial charge is 0.477 e. The molecule has 0 amide bonds. The Morgan fingerprint density at radius 3 is 2.59 bits per heavy atom. The number of rotatable bonds is 2. The highest BCUT2D eigenvalue weighted by molar-refractivity contribution is 5.92. The van der Waals surface area contributed by atoms with E-state index < -0.39 is 11.8 Å². The van der Waals surface area contributed by atoms with Gasteiger partial charge in [0.05, 0.1) is 6.20 Å². The van der Waals surface area contributed by atoms with E-state index in [1.807, 2.05) is 0 Å². The van der Waals surface area contributed by atoms with Crippen molar-refractivity contribution in [3.63, 3.8) is 0 Å². The molecule has 0 aromatic carbocycles. The third-order valence-corrected chi connectivity index (χ3v) is 2.01. The fourth-order valence-corrected chi connectivity index (χ4v) is 1.19. The molecule has 0 unspecified atom stereocenters. The van der Waals surface area contributed by atoms with Crippen LogP contribution in [0.15, 0.2) is 24.5 Å². The average molecular weight is 234 g/mol. The predicted molar refractivity (Wildman–Crippen MR) is 56.6 cm³/mol. The van der Waals surface area contributed by atoms with Crippen molar-refractivity contribution in [3.05, 3.63) is 35.9 Å². The van der Waals surface area contributed by atoms with Crippen LogP contribution in [0.4, 0.5) is 10.2 Å². The van der Waals surface area contributed by atoms with Crippen LogP contribution in [-0.4, -0.2) is 26.0 Å². The molecule has 17 heavy (non-hydrogen) atoms. The number of nitrogen functional groups attached to an aromatic ring is 1. The van der Waals surface area contributed by atoms with E-state index in [4.69, 9.17) is 10.8 Å². The fraction of sp³-hybridized carbons (Fsp3) is 0. The van der Waals surface area contributed by atoms with E-state index >= 15 is 0 Å². The van der Waals surface area contributed by atoms with Crippen LogP contribution in [-0.2, 0) is 0 Å². The number of pyridine rings is 1. The molecule has 0 atom stereocenters. The van der Waals surface area contributed by atoms with E-state index in [1.54, 1.807) is 0 Å². The molecule has 3 N–H and O–H groups in total. The molecule has 6 nitrogen and oxygen atoms in total. The van der Waals surface area contributed by atoms with Crippen molar-refractivity contribution in [1.29, 1.82) is 0 Å². The van der Waals surface area contributed by atoms with Crippen LogP contribution in [0.3, 0.4) is 0 Å². The molecular formula is C10H7FN4O2. The smallest absolute Gasteiger partial charge is 0.341 e. The summed E-state index contributed by atoms with van der Waals surface area (Å²) in [7, 11) is 0. The Balaban J connectivity index is 2.44. The molecule has 0 bridgehead atoms. The van der Waals surface area contributed by atoms with Crippen molar-refractivity contribution in [2.75, 3.05) is 5.73 Å². The summed E-state index contributed by atoms with van der Waals surface area (Å²) in [5.74, 6) is -1.70. The highest BCUT2D eigenvalue weighted by atomic mass is 19.1. The lowest BCUT2D eigenvalue weighted by Gasteiger charge is -2.02. The predicted octanol–water partition coefficient (Wildman–Crippen LogP) is 0.958. The molecule has 0 fully saturated rings. The molecule has 2 heterocycles. The Hall–Kier alpha value is -2.57. The summed E-state index contributed by atoms with van der Waals surface area (Å²) in [5, 5.41) is 8.74. The van der Waals surface area contributed by atoms with Gasteiger partial charge in [0.1, 0.15) is 22.9 Å². The van der Waals surface area contributed by atoms with Gasteiger partial charge in [-0.2, -0.15) is 0 Å². The van der Waals surface area contributed by atoms with Gasteiger partial charge in [-0.05, 0) is 12.1 Å². The van der Waals surface area contributed by atoms with Crippen LogP contribution < -0.4 is 5.73 Å². The average Bonchev–Trinajstić information content (AvgIpc) is 2.29. The number of nitrogens with zero attached hydrogens (tertiary/aromatic N) is 3. The van der Waals surface area contributed by atoms with Crippen LogP contribution in [0.25, 0.3) is 11.5 Å². The summed E-state index contributed by atoms with van der Waals surface area (Å²) in [6, 6.07) is 2.58. The number of hydrogen-bond donors (Lipinski definition) is 2. The maximum absolute atomic E-state index is 12.6. The minimum absolute atomic E-state index is 0.146. The molecule has 0 spiro atoms. The lowest BCUT2D eigenvalue weighted by Crippen LogP contribution is -2.07. The topological polar surface area (TPSA) is 102 Å². The van der Waals surface area contributed by atoms with Crippen molar-refractivity contribution in [2.45, 2.75) is 0 Å². The SMILES string of the molecule is Nc1nc(-c2ccc(F)cn2)ncc1C(=O)O. The summed E-state index contributed by atoms with van der Waals surface area (Å²) in [6.45, 7) is 0. The van der Waals surface area contributed by atoms with Gasteiger partial charge in [0.25, 0.3) is 0 Å². The molecular weight excluding hydrogens is 227 g/mol. The Morgan fingerprint density at radius 1 is 1.29 bits per heavy atom. The second-order valence-electron chi connectivity index (χ2n) is 3.16. The maximum atomic E-state index is 12.6. The Labute approximate surface area is 95.0 Å². The summed E-state index contributed by atoms with van der Waals surface area (Å²) in [6.07, 6.45) is 2.10. The number of aromatic carboxylic acids is 1. The van der Waals surface area contributed by atoms with Gasteiger partial charge in [-0.25, -0.2) is 24.1 Å². The van der Waals surface area contributed by atoms with Gasteiger partial charge >= 0.3 is 5.97 Å². The number of halogens is 1. The number of anilines is 1. The fourth-order valence-electron chi connectivity index (χ4n) is 1.19. The molecule has 2 aromatic heterocycles. The van der Waals surface area contributed by atoms with Gasteiger partial charge in [-0.15, -0.1) is 0 Å². The highest BCUT2D eigenvalue weighted by Crippen LogP contribution is 2.15. The normalized spacial score (nSPS) is 10.2. The van der Waals surface area contributed by atoms with E-state index in [1.165, 1.54) is 12.1 Å². The van der Waals surface area contributed by atoms with Crippen LogP contribution >= 0.6 is 0 Å². The van der Waals surface area contributed by atoms with Gasteiger partial charge < -0.3 is 10.8 Å². The van der Waals surface area contributed by atoms with Crippen molar-refractivity contribution in [1.82, 2.24) is 15.0 Å². The number of carboxylic acids is 1. The van der Waals surface area contributed by atoms with Crippen LogP contribution in [0.2, 0.25) is 0 Å². The van der Waals surface area contributed by atoms with Crippen LogP contribution in [0.1, 0.15) is 10.4 Å². The highest BCUT2D eigenvalue weighted by Gasteiger charge is 2.12. The van der Waals surface area contributed by atoms with Gasteiger partial charge in [-0.3, -0.25) is 0 Å². The van der Waals surface area contributed by atoms with Crippen molar-refractivity contribution in [2.24, 2.45) is 0 Å². The zero-order chi connectivity index (χ0) is 12.4. The van der Waals surface area contributed by atoms with E-state index in [2.05, 4.69) is 15.0 Å². The molecule has 0 saturated carbocycles. The first-order chi connectivity index (χ1) is 8.08. The summed E-state index contributed by atoms with van der Waals surface area (Å²) in [4.78, 5) is 22.0. The van der Waals surface area contributed by atoms with Gasteiger partial charge in [0.2, 0.25) is 0 Å². The quantitative estimate of drug-likeness (QED) is 0.802. The third kappa shape index (κ3) is 2.17. The van der Waals surface area contributed by atoms with Gasteiger partial charge in [-0.1, -0.05) is 0 Å². The van der Waals surface area contributed by atoms with Crippen molar-refractivity contribution < 1.29 is 14.3 Å². The summed E-state index contributed by atoms with van der Waals surface area (Å²) < 4.78 is 12.6. The van der Waals surface area contributed by atoms with Crippen molar-refractivity contribution >= 4 is 11.8 Å². The molecule has 86 valence electrons. The number of carbonyl (C=O) groups is 1. The molecule has 7 heteroatoms. The van der Waals surface area contributed by atoms with E-state index in [9.17, 15) is 9.18 Å². The molecule has 0 aliphatic heterocycles. The Kier molecular flexibility index (Phi) is 2.65. The zero-order valence-electron chi connectivity index (χ0n) is 8.46. The summed E-state index contributed by atoms with van der Waals surface area (Å²) in [5.41, 5.74) is 5.59. The second-order valence-corrected chi connectivity index (χ2v) is 3.16. The van der Waals surface area contributed by atoms with E-state index in [0.29, 0.717) is 5.69 Å². The first kappa shape index (κ1) is 10.9. The Morgan fingerprint density at radius 2 is 2.06 bits per heavy atom. The van der Waals surface area contributed by atoms with E-state index in [-0.39, 0.29) is 17.2 Å². The first-order valence-corrected chi connectivity index (χ1v) is 4.55. The van der Waals surface area contributed by atoms with Crippen LogP contribution in [0.5, 0.6) is 0 Å². The van der Waals surface area contributed by atoms with E-state index in [0.717, 1.165) is 12.4 Å². The number of nitrogens with two attached hydrogens (primary N) is 1. The Bertz CT molecular complexity index is 571. The lowest BCUT2D eigenvalue weighted by molar-refractivity contribution is 0.0697. The van der Waals surface area contributed by atoms with Gasteiger partial charge in [0, 0.05) is 6.20 Å². The molecule has 0 radical (unpaired) electrons. The number of aromatic nitrogens is 3. The molecule has 0 aliphatic carbocycles. The molecule has 2 aromatic rings.